The Bertz CT molecular complexity index is 69.7. The number of hydroxylamine groups is 2. The van der Waals surface area contributed by atoms with Crippen LogP contribution in [0.3, 0.4) is 0 Å². The summed E-state index contributed by atoms with van der Waals surface area (Å²) in [5, 5.41) is 1.23. The van der Waals surface area contributed by atoms with E-state index in [2.05, 4.69) is 27.7 Å². The van der Waals surface area contributed by atoms with Crippen LogP contribution in [-0.2, 0) is 4.84 Å². The van der Waals surface area contributed by atoms with Crippen LogP contribution in [0.25, 0.3) is 0 Å². The Balaban J connectivity index is 3.26. The van der Waals surface area contributed by atoms with Gasteiger partial charge >= 0.3 is 0 Å². The SMILES string of the molecule is CC[NH+](CC)OCC(C)C. The van der Waals surface area contributed by atoms with Gasteiger partial charge in [0.15, 0.2) is 0 Å². The van der Waals surface area contributed by atoms with E-state index in [0.29, 0.717) is 5.92 Å². The first kappa shape index (κ1) is 9.92. The summed E-state index contributed by atoms with van der Waals surface area (Å²) < 4.78 is 0. The second-order valence-electron chi connectivity index (χ2n) is 2.95. The molecule has 0 aliphatic rings. The van der Waals surface area contributed by atoms with Crippen molar-refractivity contribution in [2.24, 2.45) is 5.92 Å². The molecule has 0 fully saturated rings. The zero-order valence-corrected chi connectivity index (χ0v) is 7.61. The van der Waals surface area contributed by atoms with Gasteiger partial charge in [0.2, 0.25) is 0 Å². The third-order valence-corrected chi connectivity index (χ3v) is 1.41. The highest BCUT2D eigenvalue weighted by molar-refractivity contribution is 4.34. The van der Waals surface area contributed by atoms with Gasteiger partial charge in [0.1, 0.15) is 19.7 Å². The first-order valence-electron chi connectivity index (χ1n) is 4.18. The lowest BCUT2D eigenvalue weighted by molar-refractivity contribution is -1.09. The summed E-state index contributed by atoms with van der Waals surface area (Å²) in [6.07, 6.45) is 0. The van der Waals surface area contributed by atoms with E-state index in [1.165, 1.54) is 5.06 Å². The van der Waals surface area contributed by atoms with E-state index < -0.39 is 0 Å². The van der Waals surface area contributed by atoms with E-state index in [0.717, 1.165) is 19.7 Å². The number of nitrogens with one attached hydrogen (secondary N) is 1. The molecule has 0 radical (unpaired) electrons. The largest absolute Gasteiger partial charge is 0.204 e. The first-order chi connectivity index (χ1) is 4.70. The van der Waals surface area contributed by atoms with Crippen molar-refractivity contribution in [2.45, 2.75) is 27.7 Å². The summed E-state index contributed by atoms with van der Waals surface area (Å²) >= 11 is 0. The highest BCUT2D eigenvalue weighted by atomic mass is 16.7. The van der Waals surface area contributed by atoms with Crippen molar-refractivity contribution in [1.29, 1.82) is 0 Å². The molecule has 0 rings (SSSR count). The van der Waals surface area contributed by atoms with Crippen LogP contribution in [0.4, 0.5) is 0 Å². The predicted octanol–water partition coefficient (Wildman–Crippen LogP) is 0.499. The molecule has 0 aromatic carbocycles. The van der Waals surface area contributed by atoms with Crippen LogP contribution in [0.5, 0.6) is 0 Å². The fourth-order valence-corrected chi connectivity index (χ4v) is 0.739. The summed E-state index contributed by atoms with van der Waals surface area (Å²) in [6, 6.07) is 0. The van der Waals surface area contributed by atoms with E-state index in [4.69, 9.17) is 4.84 Å². The molecule has 1 N–H and O–H groups in total. The van der Waals surface area contributed by atoms with Gasteiger partial charge in [-0.05, 0) is 19.8 Å². The molecular weight excluding hydrogens is 126 g/mol. The van der Waals surface area contributed by atoms with Gasteiger partial charge in [-0.15, -0.1) is 0 Å². The van der Waals surface area contributed by atoms with Crippen LogP contribution in [-0.4, -0.2) is 19.7 Å². The van der Waals surface area contributed by atoms with Crippen LogP contribution in [0, 0.1) is 5.92 Å². The van der Waals surface area contributed by atoms with Gasteiger partial charge in [-0.1, -0.05) is 13.8 Å². The van der Waals surface area contributed by atoms with Gasteiger partial charge in [0.05, 0.1) is 0 Å². The summed E-state index contributed by atoms with van der Waals surface area (Å²) in [4.78, 5) is 5.52. The normalized spacial score (nSPS) is 11.4. The van der Waals surface area contributed by atoms with Crippen molar-refractivity contribution in [1.82, 2.24) is 0 Å². The van der Waals surface area contributed by atoms with E-state index in [1.54, 1.807) is 0 Å². The Morgan fingerprint density at radius 2 is 1.70 bits per heavy atom. The molecule has 2 nitrogen and oxygen atoms in total. The number of rotatable bonds is 5. The highest BCUT2D eigenvalue weighted by Crippen LogP contribution is 1.87. The lowest BCUT2D eigenvalue weighted by Gasteiger charge is -2.14. The van der Waals surface area contributed by atoms with Crippen molar-refractivity contribution < 1.29 is 9.90 Å². The molecule has 0 saturated carbocycles. The second-order valence-corrected chi connectivity index (χ2v) is 2.95. The molecule has 62 valence electrons. The Morgan fingerprint density at radius 3 is 2.00 bits per heavy atom. The molecule has 0 unspecified atom stereocenters. The molecule has 0 saturated heterocycles. The Kier molecular flexibility index (Phi) is 5.64. The van der Waals surface area contributed by atoms with Crippen molar-refractivity contribution in [2.75, 3.05) is 19.7 Å². The number of hydrogen-bond acceptors (Lipinski definition) is 1. The van der Waals surface area contributed by atoms with E-state index in [1.807, 2.05) is 0 Å². The predicted molar refractivity (Wildman–Crippen MR) is 42.8 cm³/mol. The van der Waals surface area contributed by atoms with Gasteiger partial charge in [-0.3, -0.25) is 0 Å². The van der Waals surface area contributed by atoms with E-state index >= 15 is 0 Å². The molecule has 0 aromatic heterocycles. The summed E-state index contributed by atoms with van der Waals surface area (Å²) in [7, 11) is 0. The minimum absolute atomic E-state index is 0.646. The lowest BCUT2D eigenvalue weighted by Crippen LogP contribution is -3.10. The van der Waals surface area contributed by atoms with Crippen LogP contribution in [0.1, 0.15) is 27.7 Å². The minimum Gasteiger partial charge on any atom is -0.204 e. The molecule has 0 aliphatic carbocycles. The molecular formula is C8H20NO+. The van der Waals surface area contributed by atoms with E-state index in [-0.39, 0.29) is 0 Å². The average molecular weight is 146 g/mol. The average Bonchev–Trinajstić information content (AvgIpc) is 1.90. The maximum absolute atomic E-state index is 5.52. The van der Waals surface area contributed by atoms with E-state index in [9.17, 15) is 0 Å². The molecule has 0 atom stereocenters. The van der Waals surface area contributed by atoms with Gasteiger partial charge in [0.25, 0.3) is 0 Å². The fraction of sp³-hybridized carbons (Fsp3) is 1.00. The standard InChI is InChI=1S/C8H19NO/c1-5-9(6-2)10-7-8(3)4/h8H,5-7H2,1-4H3/p+1. The fourth-order valence-electron chi connectivity index (χ4n) is 0.739. The second kappa shape index (κ2) is 5.69. The summed E-state index contributed by atoms with van der Waals surface area (Å²) in [5.41, 5.74) is 0. The van der Waals surface area contributed by atoms with Gasteiger partial charge in [0, 0.05) is 0 Å². The smallest absolute Gasteiger partial charge is 0.108 e. The molecule has 0 aliphatic heterocycles. The molecule has 0 amide bonds. The molecule has 0 aromatic rings. The van der Waals surface area contributed by atoms with Crippen molar-refractivity contribution in [3.8, 4) is 0 Å². The molecule has 10 heavy (non-hydrogen) atoms. The number of quaternary nitrogens is 1. The van der Waals surface area contributed by atoms with Crippen LogP contribution in [0.2, 0.25) is 0 Å². The lowest BCUT2D eigenvalue weighted by atomic mass is 10.2. The quantitative estimate of drug-likeness (QED) is 0.558. The highest BCUT2D eigenvalue weighted by Gasteiger charge is 2.03. The third kappa shape index (κ3) is 4.77. The Labute approximate surface area is 64.1 Å². The Morgan fingerprint density at radius 1 is 1.20 bits per heavy atom. The van der Waals surface area contributed by atoms with Crippen molar-refractivity contribution in [3.63, 3.8) is 0 Å². The van der Waals surface area contributed by atoms with Crippen molar-refractivity contribution in [3.05, 3.63) is 0 Å². The number of hydrogen-bond donors (Lipinski definition) is 1. The Hall–Kier alpha value is -0.0800. The van der Waals surface area contributed by atoms with Crippen LogP contribution >= 0.6 is 0 Å². The van der Waals surface area contributed by atoms with Gasteiger partial charge in [-0.2, -0.15) is 5.06 Å². The topological polar surface area (TPSA) is 13.7 Å². The molecule has 2 heteroatoms. The maximum Gasteiger partial charge on any atom is 0.108 e. The van der Waals surface area contributed by atoms with Crippen molar-refractivity contribution >= 4 is 0 Å². The minimum atomic E-state index is 0.646. The molecule has 0 bridgehead atoms. The van der Waals surface area contributed by atoms with Gasteiger partial charge < -0.3 is 0 Å². The zero-order valence-electron chi connectivity index (χ0n) is 7.61. The maximum atomic E-state index is 5.52. The molecule has 0 heterocycles. The first-order valence-corrected chi connectivity index (χ1v) is 4.18. The monoisotopic (exact) mass is 146 g/mol. The third-order valence-electron chi connectivity index (χ3n) is 1.41. The van der Waals surface area contributed by atoms with Crippen LogP contribution in [0.15, 0.2) is 0 Å². The zero-order chi connectivity index (χ0) is 7.98. The summed E-state index contributed by atoms with van der Waals surface area (Å²) in [6.45, 7) is 11.6. The van der Waals surface area contributed by atoms with Crippen LogP contribution < -0.4 is 5.06 Å². The summed E-state index contributed by atoms with van der Waals surface area (Å²) in [5.74, 6) is 0.646. The molecule has 0 spiro atoms. The van der Waals surface area contributed by atoms with Gasteiger partial charge in [-0.25, -0.2) is 4.84 Å².